The molecule has 1 aliphatic heterocycles. The Morgan fingerprint density at radius 1 is 1.21 bits per heavy atom. The fourth-order valence-electron chi connectivity index (χ4n) is 3.85. The second kappa shape index (κ2) is 8.00. The van der Waals surface area contributed by atoms with Crippen molar-refractivity contribution < 1.29 is 9.13 Å². The molecule has 0 amide bonds. The van der Waals surface area contributed by atoms with Gasteiger partial charge in [-0.15, -0.1) is 0 Å². The molecule has 8 heteroatoms. The van der Waals surface area contributed by atoms with Crippen molar-refractivity contribution in [3.8, 4) is 5.75 Å². The molecule has 4 rings (SSSR count). The molecule has 2 N–H and O–H groups in total. The van der Waals surface area contributed by atoms with Crippen LogP contribution in [0.25, 0.3) is 10.9 Å². The monoisotopic (exact) mass is 415 g/mol. The molecule has 0 radical (unpaired) electrons. The summed E-state index contributed by atoms with van der Waals surface area (Å²) >= 11 is 5.92. The highest BCUT2D eigenvalue weighted by Gasteiger charge is 2.24. The Labute approximate surface area is 174 Å². The topological polar surface area (TPSA) is 62.3 Å². The maximum atomic E-state index is 14.4. The van der Waals surface area contributed by atoms with Gasteiger partial charge in [0.25, 0.3) is 0 Å². The molecule has 1 saturated heterocycles. The number of rotatable bonds is 4. The molecular formula is C21H23ClFN5O. The van der Waals surface area contributed by atoms with E-state index in [1.54, 1.807) is 25.4 Å². The van der Waals surface area contributed by atoms with Crippen LogP contribution >= 0.6 is 11.6 Å². The van der Waals surface area contributed by atoms with E-state index in [2.05, 4.69) is 39.6 Å². The van der Waals surface area contributed by atoms with Crippen LogP contribution in [0.2, 0.25) is 5.02 Å². The molecule has 0 aliphatic carbocycles. The average molecular weight is 416 g/mol. The van der Waals surface area contributed by atoms with E-state index in [0.717, 1.165) is 29.9 Å². The standard InChI is InChI=1S/C21H23ClFN5O/c1-12-10-28(11-13(2)25-12)19-7-14-17(8-20(19)29-3)27-24-9-18(14)26-16-6-4-5-15(22)21(16)23/h4-9,12-13,25H,10-11H2,1-3H3,(H,26,27)/t12-,13+. The fourth-order valence-corrected chi connectivity index (χ4v) is 4.03. The third kappa shape index (κ3) is 3.93. The Balaban J connectivity index is 1.80. The zero-order valence-electron chi connectivity index (χ0n) is 16.5. The van der Waals surface area contributed by atoms with E-state index >= 15 is 0 Å². The van der Waals surface area contributed by atoms with Crippen LogP contribution in [0.3, 0.4) is 0 Å². The number of aromatic nitrogens is 2. The maximum Gasteiger partial charge on any atom is 0.165 e. The number of methoxy groups -OCH3 is 1. The number of fused-ring (bicyclic) bond motifs is 1. The van der Waals surface area contributed by atoms with Crippen LogP contribution in [0.4, 0.5) is 21.5 Å². The zero-order valence-corrected chi connectivity index (χ0v) is 17.3. The lowest BCUT2D eigenvalue weighted by molar-refractivity contribution is 0.391. The predicted molar refractivity (Wildman–Crippen MR) is 115 cm³/mol. The summed E-state index contributed by atoms with van der Waals surface area (Å²) in [6, 6.07) is 9.45. The first-order valence-electron chi connectivity index (χ1n) is 9.51. The second-order valence-electron chi connectivity index (χ2n) is 7.40. The lowest BCUT2D eigenvalue weighted by atomic mass is 10.1. The number of benzene rings is 2. The van der Waals surface area contributed by atoms with Crippen molar-refractivity contribution >= 4 is 39.6 Å². The van der Waals surface area contributed by atoms with Gasteiger partial charge in [0.1, 0.15) is 5.75 Å². The highest BCUT2D eigenvalue weighted by atomic mass is 35.5. The zero-order chi connectivity index (χ0) is 20.5. The largest absolute Gasteiger partial charge is 0.495 e. The van der Waals surface area contributed by atoms with Gasteiger partial charge < -0.3 is 20.3 Å². The third-order valence-corrected chi connectivity index (χ3v) is 5.35. The van der Waals surface area contributed by atoms with Gasteiger partial charge in [-0.2, -0.15) is 10.2 Å². The number of nitrogens with zero attached hydrogens (tertiary/aromatic N) is 3. The molecule has 0 saturated carbocycles. The fraction of sp³-hybridized carbons (Fsp3) is 0.333. The van der Waals surface area contributed by atoms with Crippen molar-refractivity contribution in [1.29, 1.82) is 0 Å². The number of ether oxygens (including phenoxy) is 1. The Kier molecular flexibility index (Phi) is 5.43. The van der Waals surface area contributed by atoms with Gasteiger partial charge in [-0.3, -0.25) is 0 Å². The van der Waals surface area contributed by atoms with Crippen LogP contribution in [0.15, 0.2) is 36.5 Å². The van der Waals surface area contributed by atoms with Crippen LogP contribution in [-0.2, 0) is 0 Å². The first-order valence-corrected chi connectivity index (χ1v) is 9.89. The van der Waals surface area contributed by atoms with Gasteiger partial charge >= 0.3 is 0 Å². The molecule has 0 unspecified atom stereocenters. The molecule has 29 heavy (non-hydrogen) atoms. The van der Waals surface area contributed by atoms with E-state index in [9.17, 15) is 4.39 Å². The minimum atomic E-state index is -0.502. The van der Waals surface area contributed by atoms with Gasteiger partial charge in [0.15, 0.2) is 5.82 Å². The number of hydrogen-bond donors (Lipinski definition) is 2. The Morgan fingerprint density at radius 2 is 1.97 bits per heavy atom. The van der Waals surface area contributed by atoms with Crippen molar-refractivity contribution in [2.75, 3.05) is 30.4 Å². The Morgan fingerprint density at radius 3 is 2.69 bits per heavy atom. The number of hydrogen-bond acceptors (Lipinski definition) is 6. The first-order chi connectivity index (χ1) is 14.0. The quantitative estimate of drug-likeness (QED) is 0.660. The minimum absolute atomic E-state index is 0.0625. The third-order valence-electron chi connectivity index (χ3n) is 5.06. The van der Waals surface area contributed by atoms with Crippen molar-refractivity contribution in [3.63, 3.8) is 0 Å². The number of anilines is 3. The molecule has 1 aliphatic rings. The highest BCUT2D eigenvalue weighted by molar-refractivity contribution is 6.31. The summed E-state index contributed by atoms with van der Waals surface area (Å²) in [5.74, 6) is 0.233. The molecule has 1 aromatic heterocycles. The maximum absolute atomic E-state index is 14.4. The van der Waals surface area contributed by atoms with Crippen molar-refractivity contribution in [2.24, 2.45) is 0 Å². The van der Waals surface area contributed by atoms with Crippen molar-refractivity contribution in [2.45, 2.75) is 25.9 Å². The Hall–Kier alpha value is -2.64. The summed E-state index contributed by atoms with van der Waals surface area (Å²) in [5.41, 5.74) is 2.57. The number of nitrogens with one attached hydrogen (secondary N) is 2. The van der Waals surface area contributed by atoms with Gasteiger partial charge in [-0.1, -0.05) is 17.7 Å². The van der Waals surface area contributed by atoms with Crippen LogP contribution in [0.5, 0.6) is 5.75 Å². The summed E-state index contributed by atoms with van der Waals surface area (Å²) in [7, 11) is 1.65. The summed E-state index contributed by atoms with van der Waals surface area (Å²) in [5, 5.41) is 15.8. The van der Waals surface area contributed by atoms with E-state index in [1.165, 1.54) is 6.07 Å². The second-order valence-corrected chi connectivity index (χ2v) is 7.81. The lowest BCUT2D eigenvalue weighted by Crippen LogP contribution is -2.54. The van der Waals surface area contributed by atoms with E-state index in [-0.39, 0.29) is 10.7 Å². The number of halogens is 2. The molecule has 0 spiro atoms. The van der Waals surface area contributed by atoms with Gasteiger partial charge in [0.2, 0.25) is 0 Å². The molecule has 2 aromatic carbocycles. The molecule has 152 valence electrons. The first kappa shape index (κ1) is 19.7. The Bertz CT molecular complexity index is 1040. The molecule has 6 nitrogen and oxygen atoms in total. The van der Waals surface area contributed by atoms with E-state index in [0.29, 0.717) is 23.3 Å². The molecule has 3 aromatic rings. The van der Waals surface area contributed by atoms with Crippen molar-refractivity contribution in [1.82, 2.24) is 15.5 Å². The molecule has 0 bridgehead atoms. The van der Waals surface area contributed by atoms with Crippen LogP contribution in [0, 0.1) is 5.82 Å². The van der Waals surface area contributed by atoms with Crippen LogP contribution in [0.1, 0.15) is 13.8 Å². The SMILES string of the molecule is COc1cc2nncc(Nc3cccc(Cl)c3F)c2cc1N1C[C@@H](C)N[C@@H](C)C1. The summed E-state index contributed by atoms with van der Waals surface area (Å²) in [6.45, 7) is 6.04. The van der Waals surface area contributed by atoms with E-state index < -0.39 is 5.82 Å². The number of piperazine rings is 1. The van der Waals surface area contributed by atoms with Gasteiger partial charge in [-0.05, 0) is 32.0 Å². The molecule has 2 heterocycles. The normalized spacial score (nSPS) is 19.4. The predicted octanol–water partition coefficient (Wildman–Crippen LogP) is 4.36. The smallest absolute Gasteiger partial charge is 0.165 e. The van der Waals surface area contributed by atoms with Crippen molar-refractivity contribution in [3.05, 3.63) is 47.4 Å². The van der Waals surface area contributed by atoms with Gasteiger partial charge in [0, 0.05) is 36.6 Å². The van der Waals surface area contributed by atoms with Crippen LogP contribution in [-0.4, -0.2) is 42.5 Å². The summed E-state index contributed by atoms with van der Waals surface area (Å²) < 4.78 is 20.0. The highest BCUT2D eigenvalue weighted by Crippen LogP contribution is 2.37. The van der Waals surface area contributed by atoms with Crippen LogP contribution < -0.4 is 20.3 Å². The van der Waals surface area contributed by atoms with E-state index in [4.69, 9.17) is 16.3 Å². The van der Waals surface area contributed by atoms with Gasteiger partial charge in [0.05, 0.1) is 40.9 Å². The summed E-state index contributed by atoms with van der Waals surface area (Å²) in [4.78, 5) is 2.30. The molecule has 1 fully saturated rings. The molecular weight excluding hydrogens is 393 g/mol. The molecule has 2 atom stereocenters. The minimum Gasteiger partial charge on any atom is -0.495 e. The summed E-state index contributed by atoms with van der Waals surface area (Å²) in [6.07, 6.45) is 1.59. The van der Waals surface area contributed by atoms with E-state index in [1.807, 2.05) is 12.1 Å². The lowest BCUT2D eigenvalue weighted by Gasteiger charge is -2.38. The average Bonchev–Trinajstić information content (AvgIpc) is 2.70. The van der Waals surface area contributed by atoms with Gasteiger partial charge in [-0.25, -0.2) is 4.39 Å².